The van der Waals surface area contributed by atoms with E-state index in [1.807, 2.05) is 17.8 Å². The highest BCUT2D eigenvalue weighted by Crippen LogP contribution is 2.19. The van der Waals surface area contributed by atoms with Crippen molar-refractivity contribution in [3.8, 4) is 0 Å². The Kier molecular flexibility index (Phi) is 6.97. The maximum absolute atomic E-state index is 5.39. The molecule has 0 aliphatic carbocycles. The van der Waals surface area contributed by atoms with E-state index in [-0.39, 0.29) is 0 Å². The number of nitrogens with zero attached hydrogens (tertiary/aromatic N) is 1. The van der Waals surface area contributed by atoms with E-state index in [2.05, 4.69) is 64.1 Å². The second-order valence-corrected chi connectivity index (χ2v) is 7.27. The molecule has 4 nitrogen and oxygen atoms in total. The van der Waals surface area contributed by atoms with Gasteiger partial charge in [0.1, 0.15) is 0 Å². The van der Waals surface area contributed by atoms with Crippen LogP contribution >= 0.6 is 24.0 Å². The zero-order valence-electron chi connectivity index (χ0n) is 14.1. The maximum Gasteiger partial charge on any atom is 0.170 e. The minimum atomic E-state index is 0.660. The van der Waals surface area contributed by atoms with Gasteiger partial charge in [-0.25, -0.2) is 0 Å². The normalized spacial score (nSPS) is 14.2. The lowest BCUT2D eigenvalue weighted by atomic mass is 10.2. The summed E-state index contributed by atoms with van der Waals surface area (Å²) in [6.45, 7) is 4.33. The van der Waals surface area contributed by atoms with Gasteiger partial charge in [-0.3, -0.25) is 0 Å². The van der Waals surface area contributed by atoms with E-state index in [1.54, 1.807) is 0 Å². The van der Waals surface area contributed by atoms with Crippen LogP contribution in [0.4, 0.5) is 11.4 Å². The number of morpholine rings is 1. The summed E-state index contributed by atoms with van der Waals surface area (Å²) in [5, 5.41) is 7.15. The summed E-state index contributed by atoms with van der Waals surface area (Å²) in [5.74, 6) is 0.974. The largest absolute Gasteiger partial charge is 0.378 e. The molecule has 0 spiro atoms. The Hall–Kier alpha value is -1.76. The van der Waals surface area contributed by atoms with Crippen molar-refractivity contribution in [3.05, 3.63) is 54.6 Å². The number of rotatable bonds is 6. The molecule has 132 valence electrons. The minimum absolute atomic E-state index is 0.660. The quantitative estimate of drug-likeness (QED) is 0.458. The number of benzene rings is 2. The number of thiocarbonyl (C=S) groups is 1. The van der Waals surface area contributed by atoms with Gasteiger partial charge in [-0.1, -0.05) is 18.2 Å². The first-order chi connectivity index (χ1) is 12.3. The van der Waals surface area contributed by atoms with E-state index in [0.29, 0.717) is 5.11 Å². The fraction of sp³-hybridized carbons (Fsp3) is 0.316. The van der Waals surface area contributed by atoms with E-state index in [9.17, 15) is 0 Å². The van der Waals surface area contributed by atoms with Crippen LogP contribution in [0.15, 0.2) is 59.5 Å². The van der Waals surface area contributed by atoms with Crippen molar-refractivity contribution in [2.45, 2.75) is 4.90 Å². The first kappa shape index (κ1) is 18.0. The molecule has 2 N–H and O–H groups in total. The van der Waals surface area contributed by atoms with Crippen LogP contribution in [0, 0.1) is 0 Å². The van der Waals surface area contributed by atoms with Gasteiger partial charge in [0.2, 0.25) is 0 Å². The third-order valence-electron chi connectivity index (χ3n) is 3.90. The molecule has 2 aromatic carbocycles. The SMILES string of the molecule is S=C(NCCSc1ccccc1)Nc1ccc(N2CCOCC2)cc1. The van der Waals surface area contributed by atoms with Gasteiger partial charge in [0.15, 0.2) is 5.11 Å². The lowest BCUT2D eigenvalue weighted by molar-refractivity contribution is 0.122. The van der Waals surface area contributed by atoms with Crippen molar-refractivity contribution >= 4 is 40.5 Å². The predicted molar refractivity (Wildman–Crippen MR) is 111 cm³/mol. The molecule has 0 bridgehead atoms. The molecule has 1 aliphatic heterocycles. The molecule has 0 atom stereocenters. The minimum Gasteiger partial charge on any atom is -0.378 e. The molecule has 1 aliphatic rings. The van der Waals surface area contributed by atoms with Gasteiger partial charge in [-0.2, -0.15) is 0 Å². The first-order valence-electron chi connectivity index (χ1n) is 8.47. The highest BCUT2D eigenvalue weighted by atomic mass is 32.2. The Balaban J connectivity index is 1.38. The third kappa shape index (κ3) is 5.92. The molecule has 0 unspecified atom stereocenters. The summed E-state index contributed by atoms with van der Waals surface area (Å²) in [5.41, 5.74) is 2.23. The van der Waals surface area contributed by atoms with E-state index in [4.69, 9.17) is 17.0 Å². The standard InChI is InChI=1S/C19H23N3OS2/c24-19(20-10-15-25-18-4-2-1-3-5-18)21-16-6-8-17(9-7-16)22-11-13-23-14-12-22/h1-9H,10-15H2,(H2,20,21,24). The van der Waals surface area contributed by atoms with Gasteiger partial charge in [0.05, 0.1) is 13.2 Å². The number of hydrogen-bond acceptors (Lipinski definition) is 4. The fourth-order valence-corrected chi connectivity index (χ4v) is 3.61. The Morgan fingerprint density at radius 1 is 1.04 bits per heavy atom. The fourth-order valence-electron chi connectivity index (χ4n) is 2.60. The summed E-state index contributed by atoms with van der Waals surface area (Å²) in [6.07, 6.45) is 0. The molecular weight excluding hydrogens is 350 g/mol. The van der Waals surface area contributed by atoms with Crippen molar-refractivity contribution < 1.29 is 4.74 Å². The number of anilines is 2. The highest BCUT2D eigenvalue weighted by Gasteiger charge is 2.10. The van der Waals surface area contributed by atoms with Gasteiger partial charge in [-0.05, 0) is 48.6 Å². The summed E-state index contributed by atoms with van der Waals surface area (Å²) in [7, 11) is 0. The molecule has 1 fully saturated rings. The third-order valence-corrected chi connectivity index (χ3v) is 5.16. The second-order valence-electron chi connectivity index (χ2n) is 5.69. The van der Waals surface area contributed by atoms with Crippen LogP contribution in [0.3, 0.4) is 0 Å². The average molecular weight is 374 g/mol. The average Bonchev–Trinajstić information content (AvgIpc) is 2.67. The van der Waals surface area contributed by atoms with Crippen LogP contribution in [0.1, 0.15) is 0 Å². The zero-order chi connectivity index (χ0) is 17.3. The van der Waals surface area contributed by atoms with Crippen LogP contribution in [0.2, 0.25) is 0 Å². The van der Waals surface area contributed by atoms with Crippen LogP contribution in [0.5, 0.6) is 0 Å². The van der Waals surface area contributed by atoms with Crippen LogP contribution in [0.25, 0.3) is 0 Å². The second kappa shape index (κ2) is 9.65. The van der Waals surface area contributed by atoms with Crippen molar-refractivity contribution in [2.75, 3.05) is 48.8 Å². The number of ether oxygens (including phenoxy) is 1. The Morgan fingerprint density at radius 2 is 1.76 bits per heavy atom. The van der Waals surface area contributed by atoms with Crippen LogP contribution in [-0.2, 0) is 4.74 Å². The lowest BCUT2D eigenvalue weighted by Gasteiger charge is -2.29. The zero-order valence-corrected chi connectivity index (χ0v) is 15.7. The Bertz CT molecular complexity index is 658. The topological polar surface area (TPSA) is 36.5 Å². The molecule has 0 amide bonds. The molecule has 25 heavy (non-hydrogen) atoms. The lowest BCUT2D eigenvalue weighted by Crippen LogP contribution is -2.36. The van der Waals surface area contributed by atoms with E-state index in [1.165, 1.54) is 10.6 Å². The Morgan fingerprint density at radius 3 is 2.48 bits per heavy atom. The van der Waals surface area contributed by atoms with Gasteiger partial charge in [0.25, 0.3) is 0 Å². The first-order valence-corrected chi connectivity index (χ1v) is 9.86. The molecular formula is C19H23N3OS2. The van der Waals surface area contributed by atoms with Crippen molar-refractivity contribution in [3.63, 3.8) is 0 Å². The maximum atomic E-state index is 5.39. The highest BCUT2D eigenvalue weighted by molar-refractivity contribution is 7.99. The van der Waals surface area contributed by atoms with Gasteiger partial charge >= 0.3 is 0 Å². The molecule has 0 radical (unpaired) electrons. The smallest absolute Gasteiger partial charge is 0.170 e. The van der Waals surface area contributed by atoms with Crippen molar-refractivity contribution in [1.29, 1.82) is 0 Å². The van der Waals surface area contributed by atoms with E-state index >= 15 is 0 Å². The molecule has 3 rings (SSSR count). The molecule has 2 aromatic rings. The van der Waals surface area contributed by atoms with Crippen LogP contribution in [-0.4, -0.2) is 43.7 Å². The molecule has 1 saturated heterocycles. The number of thioether (sulfide) groups is 1. The van der Waals surface area contributed by atoms with Crippen LogP contribution < -0.4 is 15.5 Å². The predicted octanol–water partition coefficient (Wildman–Crippen LogP) is 3.60. The molecule has 0 aromatic heterocycles. The van der Waals surface area contributed by atoms with E-state index < -0.39 is 0 Å². The number of nitrogens with one attached hydrogen (secondary N) is 2. The van der Waals surface area contributed by atoms with Crippen molar-refractivity contribution in [2.24, 2.45) is 0 Å². The number of hydrogen-bond donors (Lipinski definition) is 2. The molecule has 6 heteroatoms. The summed E-state index contributed by atoms with van der Waals surface area (Å²) in [6, 6.07) is 18.8. The molecule has 1 heterocycles. The monoisotopic (exact) mass is 373 g/mol. The van der Waals surface area contributed by atoms with Crippen molar-refractivity contribution in [1.82, 2.24) is 5.32 Å². The van der Waals surface area contributed by atoms with Gasteiger partial charge in [0, 0.05) is 41.7 Å². The summed E-state index contributed by atoms with van der Waals surface area (Å²) in [4.78, 5) is 3.62. The van der Waals surface area contributed by atoms with E-state index in [0.717, 1.165) is 44.3 Å². The summed E-state index contributed by atoms with van der Waals surface area (Å²) < 4.78 is 5.39. The van der Waals surface area contributed by atoms with Gasteiger partial charge < -0.3 is 20.3 Å². The molecule has 0 saturated carbocycles. The van der Waals surface area contributed by atoms with Gasteiger partial charge in [-0.15, -0.1) is 11.8 Å². The summed E-state index contributed by atoms with van der Waals surface area (Å²) >= 11 is 7.19. The Labute approximate surface area is 158 Å².